The Morgan fingerprint density at radius 2 is 1.50 bits per heavy atom. The molecule has 4 heteroatoms. The standard InChI is InChI=1S/C24H31O2SeSi/c1-8-21(26-28(23(2,3)4)24(5,6)7)20-16-12-13-17-22(20)25-18-27-19-14-10-9-11-15-19/h1,9-17,21H,18H2,2-7H3. The predicted molar refractivity (Wildman–Crippen MR) is 122 cm³/mol. The van der Waals surface area contributed by atoms with Crippen molar-refractivity contribution in [3.63, 3.8) is 0 Å². The van der Waals surface area contributed by atoms with E-state index in [1.807, 2.05) is 30.3 Å². The molecule has 1 unspecified atom stereocenters. The molecule has 0 fully saturated rings. The van der Waals surface area contributed by atoms with Gasteiger partial charge in [0.25, 0.3) is 0 Å². The van der Waals surface area contributed by atoms with Gasteiger partial charge in [0.1, 0.15) is 0 Å². The summed E-state index contributed by atoms with van der Waals surface area (Å²) in [5.74, 6) is 3.70. The van der Waals surface area contributed by atoms with Crippen molar-refractivity contribution in [1.82, 2.24) is 0 Å². The van der Waals surface area contributed by atoms with Crippen molar-refractivity contribution in [2.75, 3.05) is 5.51 Å². The molecule has 2 aromatic carbocycles. The average molecular weight is 459 g/mol. The third-order valence-electron chi connectivity index (χ3n) is 4.13. The Morgan fingerprint density at radius 1 is 0.929 bits per heavy atom. The van der Waals surface area contributed by atoms with Gasteiger partial charge in [-0.15, -0.1) is 0 Å². The van der Waals surface area contributed by atoms with E-state index in [0.717, 1.165) is 11.3 Å². The minimum atomic E-state index is -1.21. The van der Waals surface area contributed by atoms with Gasteiger partial charge in [-0.2, -0.15) is 0 Å². The SMILES string of the molecule is C#CC(O[Si](C(C)(C)C)C(C)(C)C)c1ccccc1OC[Se]c1ccccc1. The predicted octanol–water partition coefficient (Wildman–Crippen LogP) is 5.34. The van der Waals surface area contributed by atoms with Gasteiger partial charge in [0.05, 0.1) is 0 Å². The zero-order valence-corrected chi connectivity index (χ0v) is 20.5. The maximum atomic E-state index is 6.61. The van der Waals surface area contributed by atoms with Crippen molar-refractivity contribution in [1.29, 1.82) is 0 Å². The minimum absolute atomic E-state index is 0.0736. The fourth-order valence-corrected chi connectivity index (χ4v) is 8.09. The molecule has 0 aromatic heterocycles. The third-order valence-corrected chi connectivity index (χ3v) is 9.10. The molecule has 1 atom stereocenters. The van der Waals surface area contributed by atoms with Gasteiger partial charge in [0.15, 0.2) is 0 Å². The van der Waals surface area contributed by atoms with Crippen molar-refractivity contribution in [3.8, 4) is 18.1 Å². The molecule has 0 aliphatic heterocycles. The van der Waals surface area contributed by atoms with Gasteiger partial charge < -0.3 is 0 Å². The molecule has 28 heavy (non-hydrogen) atoms. The molecule has 0 saturated heterocycles. The first kappa shape index (κ1) is 22.8. The molecule has 0 saturated carbocycles. The first-order valence-corrected chi connectivity index (χ1v) is 13.0. The summed E-state index contributed by atoms with van der Waals surface area (Å²) < 4.78 is 14.1. The maximum absolute atomic E-state index is 6.61. The fourth-order valence-electron chi connectivity index (χ4n) is 3.29. The van der Waals surface area contributed by atoms with E-state index >= 15 is 0 Å². The van der Waals surface area contributed by atoms with Gasteiger partial charge in [-0.05, 0) is 0 Å². The van der Waals surface area contributed by atoms with E-state index in [1.54, 1.807) is 0 Å². The molecule has 0 bridgehead atoms. The van der Waals surface area contributed by atoms with Gasteiger partial charge in [0.2, 0.25) is 0 Å². The van der Waals surface area contributed by atoms with E-state index < -0.39 is 15.1 Å². The molecule has 149 valence electrons. The molecular formula is C24H31O2SeSi. The molecule has 2 aromatic rings. The van der Waals surface area contributed by atoms with Crippen molar-refractivity contribution in [2.24, 2.45) is 0 Å². The van der Waals surface area contributed by atoms with Crippen LogP contribution in [0.4, 0.5) is 0 Å². The second-order valence-corrected chi connectivity index (χ2v) is 14.7. The summed E-state index contributed by atoms with van der Waals surface area (Å²) in [7, 11) is -1.21. The summed E-state index contributed by atoms with van der Waals surface area (Å²) >= 11 is 0.257. The first-order valence-electron chi connectivity index (χ1n) is 9.53. The summed E-state index contributed by atoms with van der Waals surface area (Å²) in [4.78, 5) is 0. The number of hydrogen-bond acceptors (Lipinski definition) is 2. The zero-order chi connectivity index (χ0) is 20.8. The number of benzene rings is 2. The van der Waals surface area contributed by atoms with Gasteiger partial charge >= 0.3 is 179 Å². The summed E-state index contributed by atoms with van der Waals surface area (Å²) in [5, 5.41) is 0.147. The molecule has 0 heterocycles. The van der Waals surface area contributed by atoms with Crippen LogP contribution in [0.25, 0.3) is 0 Å². The molecule has 1 radical (unpaired) electrons. The molecule has 0 N–H and O–H groups in total. The van der Waals surface area contributed by atoms with Crippen molar-refractivity contribution in [3.05, 3.63) is 60.2 Å². The van der Waals surface area contributed by atoms with Gasteiger partial charge in [-0.3, -0.25) is 0 Å². The Labute approximate surface area is 178 Å². The molecule has 2 nitrogen and oxygen atoms in total. The first-order chi connectivity index (χ1) is 13.1. The Kier molecular flexibility index (Phi) is 7.98. The average Bonchev–Trinajstić information content (AvgIpc) is 2.62. The Bertz CT molecular complexity index is 771. The molecule has 0 aliphatic carbocycles. The number of rotatable bonds is 7. The Morgan fingerprint density at radius 3 is 2.07 bits per heavy atom. The van der Waals surface area contributed by atoms with Crippen LogP contribution in [0.15, 0.2) is 54.6 Å². The van der Waals surface area contributed by atoms with E-state index in [0.29, 0.717) is 5.51 Å². The van der Waals surface area contributed by atoms with Crippen LogP contribution in [0.3, 0.4) is 0 Å². The second kappa shape index (κ2) is 9.81. The monoisotopic (exact) mass is 459 g/mol. The van der Waals surface area contributed by atoms with Crippen LogP contribution in [-0.4, -0.2) is 29.5 Å². The Hall–Kier alpha value is -1.50. The number of ether oxygens (including phenoxy) is 1. The van der Waals surface area contributed by atoms with E-state index in [4.69, 9.17) is 15.6 Å². The molecule has 2 rings (SSSR count). The summed E-state index contributed by atoms with van der Waals surface area (Å²) in [6.45, 7) is 13.4. The van der Waals surface area contributed by atoms with Crippen LogP contribution < -0.4 is 9.20 Å². The normalized spacial score (nSPS) is 13.2. The van der Waals surface area contributed by atoms with E-state index in [1.165, 1.54) is 4.46 Å². The number of hydrogen-bond donors (Lipinski definition) is 0. The molecular weight excluding hydrogens is 427 g/mol. The van der Waals surface area contributed by atoms with E-state index in [9.17, 15) is 0 Å². The third kappa shape index (κ3) is 6.53. The zero-order valence-electron chi connectivity index (χ0n) is 17.8. The molecule has 0 spiro atoms. The fraction of sp³-hybridized carbons (Fsp3) is 0.417. The van der Waals surface area contributed by atoms with Crippen molar-refractivity contribution in [2.45, 2.75) is 57.7 Å². The topological polar surface area (TPSA) is 18.5 Å². The summed E-state index contributed by atoms with van der Waals surface area (Å²) in [6, 6.07) is 18.5. The summed E-state index contributed by atoms with van der Waals surface area (Å²) in [6.07, 6.45) is 5.52. The van der Waals surface area contributed by atoms with Crippen LogP contribution in [-0.2, 0) is 4.43 Å². The van der Waals surface area contributed by atoms with Gasteiger partial charge in [-0.25, -0.2) is 0 Å². The van der Waals surface area contributed by atoms with Crippen LogP contribution in [0.1, 0.15) is 53.2 Å². The van der Waals surface area contributed by atoms with Crippen molar-refractivity contribution >= 4 is 28.5 Å². The van der Waals surface area contributed by atoms with Crippen LogP contribution in [0.2, 0.25) is 10.1 Å². The quantitative estimate of drug-likeness (QED) is 0.412. The van der Waals surface area contributed by atoms with Gasteiger partial charge in [-0.1, -0.05) is 0 Å². The molecule has 0 aliphatic rings. The Balaban J connectivity index is 2.17. The number of terminal acetylenes is 1. The summed E-state index contributed by atoms with van der Waals surface area (Å²) in [5.41, 5.74) is 1.62. The van der Waals surface area contributed by atoms with Crippen LogP contribution in [0, 0.1) is 12.3 Å². The number of para-hydroxylation sites is 1. The van der Waals surface area contributed by atoms with Crippen LogP contribution >= 0.6 is 0 Å². The molecule has 0 amide bonds. The second-order valence-electron chi connectivity index (χ2n) is 8.75. The van der Waals surface area contributed by atoms with Crippen molar-refractivity contribution < 1.29 is 9.16 Å². The van der Waals surface area contributed by atoms with E-state index in [2.05, 4.69) is 71.7 Å². The van der Waals surface area contributed by atoms with E-state index in [-0.39, 0.29) is 25.0 Å². The van der Waals surface area contributed by atoms with Crippen LogP contribution in [0.5, 0.6) is 5.75 Å². The van der Waals surface area contributed by atoms with Gasteiger partial charge in [0, 0.05) is 0 Å².